The number of hydrogen-bond acceptors (Lipinski definition) is 6. The zero-order valence-electron chi connectivity index (χ0n) is 20.2. The highest BCUT2D eigenvalue weighted by Crippen LogP contribution is 2.39. The van der Waals surface area contributed by atoms with Crippen molar-refractivity contribution in [1.82, 2.24) is 4.98 Å². The molecule has 1 saturated heterocycles. The Morgan fingerprint density at radius 1 is 0.946 bits per heavy atom. The van der Waals surface area contributed by atoms with E-state index >= 15 is 0 Å². The van der Waals surface area contributed by atoms with E-state index in [1.165, 1.54) is 11.1 Å². The first-order valence-electron chi connectivity index (χ1n) is 12.2. The molecule has 3 aromatic carbocycles. The lowest BCUT2D eigenvalue weighted by Gasteiger charge is -2.36. The van der Waals surface area contributed by atoms with Gasteiger partial charge in [0.2, 0.25) is 0 Å². The molecule has 1 aliphatic rings. The van der Waals surface area contributed by atoms with Crippen LogP contribution in [0, 0.1) is 0 Å². The smallest absolute Gasteiger partial charge is 0.257 e. The number of nitrogens with one attached hydrogen (secondary N) is 1. The number of nitrogens with zero attached hydrogens (tertiary/aromatic N) is 1. The molecule has 7 heteroatoms. The van der Waals surface area contributed by atoms with Gasteiger partial charge in [0.05, 0.1) is 24.4 Å². The lowest BCUT2D eigenvalue weighted by atomic mass is 10.0. The minimum absolute atomic E-state index is 0.00539. The minimum atomic E-state index is -0.590. The van der Waals surface area contributed by atoms with Gasteiger partial charge in [-0.1, -0.05) is 54.6 Å². The Balaban J connectivity index is 1.35. The highest BCUT2D eigenvalue weighted by Gasteiger charge is 2.32. The van der Waals surface area contributed by atoms with Gasteiger partial charge < -0.3 is 19.9 Å². The average molecular weight is 513 g/mol. The van der Waals surface area contributed by atoms with Gasteiger partial charge in [-0.15, -0.1) is 11.8 Å². The molecule has 6 nitrogen and oxygen atoms in total. The number of anilines is 1. The van der Waals surface area contributed by atoms with E-state index in [0.29, 0.717) is 17.7 Å². The number of rotatable bonds is 8. The van der Waals surface area contributed by atoms with Gasteiger partial charge in [0, 0.05) is 40.7 Å². The Labute approximate surface area is 220 Å². The zero-order chi connectivity index (χ0) is 25.5. The number of carbonyl (C=O) groups excluding carboxylic acids is 1. The summed E-state index contributed by atoms with van der Waals surface area (Å²) in [6.07, 6.45) is 3.09. The predicted molar refractivity (Wildman–Crippen MR) is 144 cm³/mol. The molecule has 0 saturated carbocycles. The molecule has 1 amide bonds. The molecule has 5 rings (SSSR count). The van der Waals surface area contributed by atoms with E-state index in [1.807, 2.05) is 66.7 Å². The standard InChI is InChI=1S/C30H28N2O4S/c33-19-21-11-13-22(14-12-21)28-17-26(20-37-27-9-2-1-3-10-27)35-30(36-28)23-6-4-8-25(16-23)32-29(34)24-7-5-15-31-18-24/h1-16,18,26,28,30,33H,17,19-20H2,(H,32,34)/t26-,28+,30+/m1/s1. The molecule has 1 aliphatic heterocycles. The third-order valence-corrected chi connectivity index (χ3v) is 7.28. The van der Waals surface area contributed by atoms with Crippen LogP contribution in [0.5, 0.6) is 0 Å². The normalized spacial score (nSPS) is 19.3. The fourth-order valence-electron chi connectivity index (χ4n) is 4.19. The van der Waals surface area contributed by atoms with Gasteiger partial charge in [-0.25, -0.2) is 0 Å². The monoisotopic (exact) mass is 512 g/mol. The van der Waals surface area contributed by atoms with Crippen LogP contribution >= 0.6 is 11.8 Å². The quantitative estimate of drug-likeness (QED) is 0.275. The number of pyridine rings is 1. The third kappa shape index (κ3) is 6.64. The van der Waals surface area contributed by atoms with Gasteiger partial charge in [-0.05, 0) is 47.5 Å². The maximum atomic E-state index is 12.6. The highest BCUT2D eigenvalue weighted by molar-refractivity contribution is 7.99. The van der Waals surface area contributed by atoms with Crippen molar-refractivity contribution >= 4 is 23.4 Å². The van der Waals surface area contributed by atoms with Crippen molar-refractivity contribution in [2.24, 2.45) is 0 Å². The number of amides is 1. The van der Waals surface area contributed by atoms with E-state index in [9.17, 15) is 9.90 Å². The van der Waals surface area contributed by atoms with E-state index in [0.717, 1.165) is 22.4 Å². The summed E-state index contributed by atoms with van der Waals surface area (Å²) < 4.78 is 12.9. The van der Waals surface area contributed by atoms with Crippen LogP contribution in [0.3, 0.4) is 0 Å². The zero-order valence-corrected chi connectivity index (χ0v) is 21.0. The summed E-state index contributed by atoms with van der Waals surface area (Å²) in [5.41, 5.74) is 3.88. The van der Waals surface area contributed by atoms with Gasteiger partial charge in [-0.3, -0.25) is 9.78 Å². The van der Waals surface area contributed by atoms with Crippen molar-refractivity contribution in [3.63, 3.8) is 0 Å². The number of aromatic nitrogens is 1. The van der Waals surface area contributed by atoms with Crippen molar-refractivity contribution in [2.45, 2.75) is 36.4 Å². The summed E-state index contributed by atoms with van der Waals surface area (Å²) >= 11 is 1.76. The van der Waals surface area contributed by atoms with Crippen molar-refractivity contribution in [3.8, 4) is 0 Å². The summed E-state index contributed by atoms with van der Waals surface area (Å²) in [4.78, 5) is 17.8. The number of aliphatic hydroxyl groups is 1. The summed E-state index contributed by atoms with van der Waals surface area (Å²) in [5.74, 6) is 0.557. The molecule has 0 aliphatic carbocycles. The molecule has 2 heterocycles. The summed E-state index contributed by atoms with van der Waals surface area (Å²) in [7, 11) is 0. The third-order valence-electron chi connectivity index (χ3n) is 6.13. The van der Waals surface area contributed by atoms with E-state index in [1.54, 1.807) is 30.1 Å². The molecule has 1 aromatic heterocycles. The molecule has 2 N–H and O–H groups in total. The maximum Gasteiger partial charge on any atom is 0.257 e. The van der Waals surface area contributed by atoms with Crippen molar-refractivity contribution < 1.29 is 19.4 Å². The number of benzene rings is 3. The topological polar surface area (TPSA) is 80.7 Å². The SMILES string of the molecule is O=C(Nc1cccc([C@H]2O[C@@H](CSc3ccccc3)C[C@@H](c3ccc(CO)cc3)O2)c1)c1cccnc1. The Morgan fingerprint density at radius 2 is 1.78 bits per heavy atom. The Kier molecular flexibility index (Phi) is 8.28. The number of ether oxygens (including phenoxy) is 2. The van der Waals surface area contributed by atoms with Crippen LogP contribution in [0.25, 0.3) is 0 Å². The molecule has 0 unspecified atom stereocenters. The number of thioether (sulfide) groups is 1. The largest absolute Gasteiger partial charge is 0.392 e. The van der Waals surface area contributed by atoms with Crippen LogP contribution in [0.1, 0.15) is 45.9 Å². The van der Waals surface area contributed by atoms with E-state index in [2.05, 4.69) is 22.4 Å². The van der Waals surface area contributed by atoms with Crippen LogP contribution in [-0.2, 0) is 16.1 Å². The lowest BCUT2D eigenvalue weighted by molar-refractivity contribution is -0.245. The average Bonchev–Trinajstić information content (AvgIpc) is 2.97. The summed E-state index contributed by atoms with van der Waals surface area (Å²) in [6.45, 7) is 0.00539. The summed E-state index contributed by atoms with van der Waals surface area (Å²) in [5, 5.41) is 12.4. The number of aliphatic hydroxyl groups excluding tert-OH is 1. The van der Waals surface area contributed by atoms with Crippen molar-refractivity contribution in [1.29, 1.82) is 0 Å². The van der Waals surface area contributed by atoms with E-state index in [-0.39, 0.29) is 24.7 Å². The first-order chi connectivity index (χ1) is 18.2. The molecule has 1 fully saturated rings. The first-order valence-corrected chi connectivity index (χ1v) is 13.2. The molecule has 188 valence electrons. The van der Waals surface area contributed by atoms with E-state index < -0.39 is 6.29 Å². The lowest BCUT2D eigenvalue weighted by Crippen LogP contribution is -2.31. The summed E-state index contributed by atoms with van der Waals surface area (Å²) in [6, 6.07) is 29.1. The molecule has 4 aromatic rings. The Hall–Kier alpha value is -3.49. The second-order valence-corrected chi connectivity index (χ2v) is 9.89. The van der Waals surface area contributed by atoms with Gasteiger partial charge >= 0.3 is 0 Å². The van der Waals surface area contributed by atoms with Gasteiger partial charge in [-0.2, -0.15) is 0 Å². The molecular weight excluding hydrogens is 484 g/mol. The Morgan fingerprint density at radius 3 is 2.54 bits per heavy atom. The van der Waals surface area contributed by atoms with Gasteiger partial charge in [0.25, 0.3) is 5.91 Å². The van der Waals surface area contributed by atoms with Crippen molar-refractivity contribution in [2.75, 3.05) is 11.1 Å². The second-order valence-electron chi connectivity index (χ2n) is 8.80. The number of carbonyl (C=O) groups is 1. The number of hydrogen-bond donors (Lipinski definition) is 2. The molecule has 0 radical (unpaired) electrons. The molecule has 3 atom stereocenters. The van der Waals surface area contributed by atoms with Crippen LogP contribution in [0.15, 0.2) is 108 Å². The molecule has 0 bridgehead atoms. The van der Waals surface area contributed by atoms with Crippen LogP contribution in [0.2, 0.25) is 0 Å². The van der Waals surface area contributed by atoms with Crippen molar-refractivity contribution in [3.05, 3.63) is 126 Å². The Bertz CT molecular complexity index is 1300. The minimum Gasteiger partial charge on any atom is -0.392 e. The predicted octanol–water partition coefficient (Wildman–Crippen LogP) is 6.16. The molecule has 0 spiro atoms. The highest BCUT2D eigenvalue weighted by atomic mass is 32.2. The van der Waals surface area contributed by atoms with Crippen LogP contribution in [-0.4, -0.2) is 27.9 Å². The van der Waals surface area contributed by atoms with Gasteiger partial charge in [0.15, 0.2) is 6.29 Å². The van der Waals surface area contributed by atoms with Gasteiger partial charge in [0.1, 0.15) is 0 Å². The van der Waals surface area contributed by atoms with Crippen LogP contribution < -0.4 is 5.32 Å². The second kappa shape index (κ2) is 12.2. The first kappa shape index (κ1) is 25.2. The fourth-order valence-corrected chi connectivity index (χ4v) is 5.13. The van der Waals surface area contributed by atoms with E-state index in [4.69, 9.17) is 9.47 Å². The molecule has 37 heavy (non-hydrogen) atoms. The fraction of sp³-hybridized carbons (Fsp3) is 0.200. The maximum absolute atomic E-state index is 12.6. The van der Waals surface area contributed by atoms with Crippen LogP contribution in [0.4, 0.5) is 5.69 Å². The molecular formula is C30H28N2O4S.